The van der Waals surface area contributed by atoms with Crippen LogP contribution in [0, 0.1) is 10.1 Å². The van der Waals surface area contributed by atoms with Crippen LogP contribution in [0.25, 0.3) is 0 Å². The second kappa shape index (κ2) is 9.02. The van der Waals surface area contributed by atoms with Gasteiger partial charge < -0.3 is 14.4 Å². The molecule has 1 heterocycles. The lowest BCUT2D eigenvalue weighted by atomic mass is 10.1. The Balaban J connectivity index is 1.60. The van der Waals surface area contributed by atoms with E-state index in [-0.39, 0.29) is 24.5 Å². The van der Waals surface area contributed by atoms with Crippen molar-refractivity contribution in [3.63, 3.8) is 0 Å². The van der Waals surface area contributed by atoms with E-state index >= 15 is 0 Å². The largest absolute Gasteiger partial charge is 0.490 e. The normalized spacial score (nSPS) is 13.9. The first-order valence-corrected chi connectivity index (χ1v) is 9.03. The van der Waals surface area contributed by atoms with E-state index in [1.807, 2.05) is 35.2 Å². The van der Waals surface area contributed by atoms with E-state index in [4.69, 9.17) is 9.47 Å². The van der Waals surface area contributed by atoms with Crippen molar-refractivity contribution < 1.29 is 19.2 Å². The molecule has 0 saturated carbocycles. The first kappa shape index (κ1) is 18.7. The maximum atomic E-state index is 12.2. The Morgan fingerprint density at radius 2 is 1.78 bits per heavy atom. The Kier molecular flexibility index (Phi) is 6.25. The van der Waals surface area contributed by atoms with Gasteiger partial charge in [0, 0.05) is 19.2 Å². The van der Waals surface area contributed by atoms with E-state index in [1.165, 1.54) is 6.07 Å². The van der Waals surface area contributed by atoms with E-state index < -0.39 is 10.9 Å². The number of ether oxygens (including phenoxy) is 2. The zero-order chi connectivity index (χ0) is 19.1. The van der Waals surface area contributed by atoms with Crippen molar-refractivity contribution in [1.82, 2.24) is 0 Å². The molecule has 1 fully saturated rings. The number of nitro benzene ring substituents is 1. The summed E-state index contributed by atoms with van der Waals surface area (Å²) in [6, 6.07) is 13.7. The number of nitro groups is 1. The Bertz CT molecular complexity index is 788. The molecule has 2 aromatic rings. The van der Waals surface area contributed by atoms with E-state index in [2.05, 4.69) is 0 Å². The Hall–Kier alpha value is -3.09. The fraction of sp³-hybridized carbons (Fsp3) is 0.350. The number of carbonyl (C=O) groups is 1. The lowest BCUT2D eigenvalue weighted by molar-refractivity contribution is -0.384. The third-order valence-corrected chi connectivity index (χ3v) is 4.43. The molecule has 7 heteroatoms. The summed E-state index contributed by atoms with van der Waals surface area (Å²) >= 11 is 0. The highest BCUT2D eigenvalue weighted by molar-refractivity contribution is 5.91. The fourth-order valence-corrected chi connectivity index (χ4v) is 3.09. The zero-order valence-corrected chi connectivity index (χ0v) is 15.0. The third kappa shape index (κ3) is 4.97. The summed E-state index contributed by atoms with van der Waals surface area (Å²) in [6.45, 7) is 1.86. The summed E-state index contributed by atoms with van der Waals surface area (Å²) in [4.78, 5) is 25.2. The van der Waals surface area contributed by atoms with Crippen molar-refractivity contribution in [3.8, 4) is 5.75 Å². The summed E-state index contributed by atoms with van der Waals surface area (Å²) in [7, 11) is 0. The summed E-state index contributed by atoms with van der Waals surface area (Å²) in [5, 5.41) is 11.5. The second-order valence-electron chi connectivity index (χ2n) is 6.31. The smallest absolute Gasteiger partial charge is 0.338 e. The van der Waals surface area contributed by atoms with Gasteiger partial charge in [0.1, 0.15) is 24.7 Å². The predicted octanol–water partition coefficient (Wildman–Crippen LogP) is 3.82. The Morgan fingerprint density at radius 1 is 1.04 bits per heavy atom. The van der Waals surface area contributed by atoms with E-state index in [0.29, 0.717) is 11.4 Å². The van der Waals surface area contributed by atoms with Crippen LogP contribution < -0.4 is 9.64 Å². The molecule has 0 atom stereocenters. The molecule has 142 valence electrons. The highest BCUT2D eigenvalue weighted by Gasteiger charge is 2.23. The van der Waals surface area contributed by atoms with Gasteiger partial charge in [-0.1, -0.05) is 18.2 Å². The van der Waals surface area contributed by atoms with Crippen LogP contribution in [-0.2, 0) is 4.74 Å². The highest BCUT2D eigenvalue weighted by Crippen LogP contribution is 2.31. The quantitative estimate of drug-likeness (QED) is 0.319. The molecular weight excluding hydrogens is 348 g/mol. The predicted molar refractivity (Wildman–Crippen MR) is 101 cm³/mol. The van der Waals surface area contributed by atoms with Crippen molar-refractivity contribution in [3.05, 3.63) is 64.2 Å². The van der Waals surface area contributed by atoms with Gasteiger partial charge in [0.25, 0.3) is 5.69 Å². The van der Waals surface area contributed by atoms with Crippen LogP contribution in [0.2, 0.25) is 0 Å². The number of esters is 1. The van der Waals surface area contributed by atoms with Crippen LogP contribution in [-0.4, -0.2) is 37.2 Å². The SMILES string of the molecule is O=C(OCCOc1ccccc1)c1ccc(N2CCCCC2)c([N+](=O)[O-])c1. The summed E-state index contributed by atoms with van der Waals surface area (Å²) in [5.41, 5.74) is 0.665. The van der Waals surface area contributed by atoms with Gasteiger partial charge in [-0.3, -0.25) is 10.1 Å². The van der Waals surface area contributed by atoms with E-state index in [1.54, 1.807) is 12.1 Å². The van der Waals surface area contributed by atoms with Crippen LogP contribution >= 0.6 is 0 Å². The van der Waals surface area contributed by atoms with Gasteiger partial charge in [0.05, 0.1) is 10.5 Å². The first-order valence-electron chi connectivity index (χ1n) is 9.03. The molecule has 1 aliphatic heterocycles. The Labute approximate surface area is 157 Å². The number of benzene rings is 2. The van der Waals surface area contributed by atoms with Gasteiger partial charge in [-0.05, 0) is 43.5 Å². The molecule has 0 amide bonds. The van der Waals surface area contributed by atoms with Crippen molar-refractivity contribution in [2.75, 3.05) is 31.2 Å². The number of rotatable bonds is 7. The van der Waals surface area contributed by atoms with Crippen LogP contribution in [0.4, 0.5) is 11.4 Å². The molecule has 1 saturated heterocycles. The van der Waals surface area contributed by atoms with Gasteiger partial charge >= 0.3 is 5.97 Å². The van der Waals surface area contributed by atoms with Crippen molar-refractivity contribution in [2.45, 2.75) is 19.3 Å². The molecule has 0 bridgehead atoms. The molecule has 3 rings (SSSR count). The van der Waals surface area contributed by atoms with Crippen LogP contribution in [0.3, 0.4) is 0 Å². The minimum absolute atomic E-state index is 0.0631. The topological polar surface area (TPSA) is 81.9 Å². The molecule has 1 aliphatic rings. The van der Waals surface area contributed by atoms with Crippen LogP contribution in [0.1, 0.15) is 29.6 Å². The number of carbonyl (C=O) groups excluding carboxylic acids is 1. The monoisotopic (exact) mass is 370 g/mol. The van der Waals surface area contributed by atoms with Crippen molar-refractivity contribution in [2.24, 2.45) is 0 Å². The molecule has 0 N–H and O–H groups in total. The highest BCUT2D eigenvalue weighted by atomic mass is 16.6. The maximum Gasteiger partial charge on any atom is 0.338 e. The molecule has 27 heavy (non-hydrogen) atoms. The van der Waals surface area contributed by atoms with Crippen LogP contribution in [0.5, 0.6) is 5.75 Å². The van der Waals surface area contributed by atoms with E-state index in [0.717, 1.165) is 32.4 Å². The molecule has 0 aromatic heterocycles. The zero-order valence-electron chi connectivity index (χ0n) is 15.0. The molecule has 7 nitrogen and oxygen atoms in total. The number of hydrogen-bond acceptors (Lipinski definition) is 6. The summed E-state index contributed by atoms with van der Waals surface area (Å²) in [6.07, 6.45) is 3.17. The maximum absolute atomic E-state index is 12.2. The molecule has 2 aromatic carbocycles. The van der Waals surface area contributed by atoms with Crippen LogP contribution in [0.15, 0.2) is 48.5 Å². The molecule has 0 unspecified atom stereocenters. The standard InChI is InChI=1S/C20H22N2O5/c23-20(27-14-13-26-17-7-3-1-4-8-17)16-9-10-18(19(15-16)22(24)25)21-11-5-2-6-12-21/h1,3-4,7-10,15H,2,5-6,11-14H2. The molecule has 0 radical (unpaired) electrons. The number of hydrogen-bond donors (Lipinski definition) is 0. The minimum Gasteiger partial charge on any atom is -0.490 e. The van der Waals surface area contributed by atoms with Gasteiger partial charge in [0.2, 0.25) is 0 Å². The summed E-state index contributed by atoms with van der Waals surface area (Å²) in [5.74, 6) is 0.0926. The third-order valence-electron chi connectivity index (χ3n) is 4.43. The van der Waals surface area contributed by atoms with Gasteiger partial charge in [-0.25, -0.2) is 4.79 Å². The minimum atomic E-state index is -0.597. The lowest BCUT2D eigenvalue weighted by Crippen LogP contribution is -2.30. The lowest BCUT2D eigenvalue weighted by Gasteiger charge is -2.28. The first-order chi connectivity index (χ1) is 13.1. The fourth-order valence-electron chi connectivity index (χ4n) is 3.09. The Morgan fingerprint density at radius 3 is 2.48 bits per heavy atom. The number of anilines is 1. The molecular formula is C20H22N2O5. The van der Waals surface area contributed by atoms with Gasteiger partial charge in [-0.2, -0.15) is 0 Å². The average Bonchev–Trinajstić information content (AvgIpc) is 2.72. The van der Waals surface area contributed by atoms with Gasteiger partial charge in [-0.15, -0.1) is 0 Å². The number of piperidine rings is 1. The van der Waals surface area contributed by atoms with Crippen molar-refractivity contribution >= 4 is 17.3 Å². The average molecular weight is 370 g/mol. The molecule has 0 aliphatic carbocycles. The van der Waals surface area contributed by atoms with E-state index in [9.17, 15) is 14.9 Å². The van der Waals surface area contributed by atoms with Gasteiger partial charge in [0.15, 0.2) is 0 Å². The number of para-hydroxylation sites is 1. The second-order valence-corrected chi connectivity index (χ2v) is 6.31. The molecule has 0 spiro atoms. The summed E-state index contributed by atoms with van der Waals surface area (Å²) < 4.78 is 10.6. The van der Waals surface area contributed by atoms with Crippen molar-refractivity contribution in [1.29, 1.82) is 0 Å². The number of nitrogens with zero attached hydrogens (tertiary/aromatic N) is 2.